The third-order valence-corrected chi connectivity index (χ3v) is 6.12. The first-order chi connectivity index (χ1) is 15.1. The highest BCUT2D eigenvalue weighted by Gasteiger charge is 2.30. The highest BCUT2D eigenvalue weighted by atomic mass is 16.2. The minimum absolute atomic E-state index is 0.0186. The summed E-state index contributed by atoms with van der Waals surface area (Å²) in [5.74, 6) is 0.167. The largest absolute Gasteiger partial charge is 0.354 e. The van der Waals surface area contributed by atoms with Gasteiger partial charge in [0.05, 0.1) is 6.04 Å². The number of aryl methyl sites for hydroxylation is 2. The van der Waals surface area contributed by atoms with Gasteiger partial charge in [-0.2, -0.15) is 0 Å². The van der Waals surface area contributed by atoms with Gasteiger partial charge in [-0.1, -0.05) is 83.9 Å². The van der Waals surface area contributed by atoms with Crippen LogP contribution in [0.4, 0.5) is 0 Å². The van der Waals surface area contributed by atoms with Crippen LogP contribution in [-0.2, 0) is 17.8 Å². The van der Waals surface area contributed by atoms with E-state index in [1.807, 2.05) is 18.2 Å². The zero-order valence-electron chi connectivity index (χ0n) is 18.6. The fraction of sp³-hybridized carbons (Fsp3) is 0.321. The molecule has 0 bridgehead atoms. The predicted molar refractivity (Wildman–Crippen MR) is 128 cm³/mol. The lowest BCUT2D eigenvalue weighted by molar-refractivity contribution is -0.125. The molecule has 4 rings (SSSR count). The van der Waals surface area contributed by atoms with Crippen LogP contribution in [-0.4, -0.2) is 29.9 Å². The van der Waals surface area contributed by atoms with Crippen molar-refractivity contribution in [3.8, 4) is 11.1 Å². The number of carbonyl (C=O) groups excluding carboxylic acids is 1. The van der Waals surface area contributed by atoms with Gasteiger partial charge in [-0.25, -0.2) is 0 Å². The van der Waals surface area contributed by atoms with E-state index in [0.717, 1.165) is 32.4 Å². The monoisotopic (exact) mass is 412 g/mol. The second kappa shape index (κ2) is 9.93. The number of hydrogen-bond donors (Lipinski definition) is 1. The maximum absolute atomic E-state index is 12.8. The molecule has 1 atom stereocenters. The molecule has 0 radical (unpaired) electrons. The third kappa shape index (κ3) is 5.62. The van der Waals surface area contributed by atoms with Crippen molar-refractivity contribution < 1.29 is 4.79 Å². The molecule has 0 saturated carbocycles. The SMILES string of the molecule is Cc1cc(C)cc(-c2ccc(CN3CCCC3C(=O)NCCc3ccccc3)cc2)c1. The van der Waals surface area contributed by atoms with E-state index < -0.39 is 0 Å². The maximum atomic E-state index is 12.8. The molecule has 0 aliphatic carbocycles. The Labute approximate surface area is 186 Å². The van der Waals surface area contributed by atoms with Gasteiger partial charge in [0.1, 0.15) is 0 Å². The van der Waals surface area contributed by atoms with Crippen molar-refractivity contribution >= 4 is 5.91 Å². The molecule has 0 spiro atoms. The molecule has 31 heavy (non-hydrogen) atoms. The molecule has 1 aliphatic heterocycles. The van der Waals surface area contributed by atoms with E-state index in [-0.39, 0.29) is 11.9 Å². The summed E-state index contributed by atoms with van der Waals surface area (Å²) in [5, 5.41) is 3.15. The third-order valence-electron chi connectivity index (χ3n) is 6.12. The summed E-state index contributed by atoms with van der Waals surface area (Å²) in [6.45, 7) is 6.78. The first-order valence-corrected chi connectivity index (χ1v) is 11.3. The van der Waals surface area contributed by atoms with Gasteiger partial charge >= 0.3 is 0 Å². The molecule has 1 unspecified atom stereocenters. The van der Waals surface area contributed by atoms with Crippen molar-refractivity contribution in [1.82, 2.24) is 10.2 Å². The van der Waals surface area contributed by atoms with Gasteiger partial charge in [0.25, 0.3) is 0 Å². The zero-order chi connectivity index (χ0) is 21.6. The van der Waals surface area contributed by atoms with E-state index in [1.54, 1.807) is 0 Å². The van der Waals surface area contributed by atoms with Crippen LogP contribution >= 0.6 is 0 Å². The fourth-order valence-electron chi connectivity index (χ4n) is 4.58. The van der Waals surface area contributed by atoms with Gasteiger partial charge in [0.15, 0.2) is 0 Å². The van der Waals surface area contributed by atoms with E-state index in [1.165, 1.54) is 33.4 Å². The number of nitrogens with zero attached hydrogens (tertiary/aromatic N) is 1. The van der Waals surface area contributed by atoms with Gasteiger partial charge in [-0.05, 0) is 61.9 Å². The van der Waals surface area contributed by atoms with Crippen molar-refractivity contribution in [1.29, 1.82) is 0 Å². The highest BCUT2D eigenvalue weighted by Crippen LogP contribution is 2.25. The van der Waals surface area contributed by atoms with Crippen LogP contribution in [0.2, 0.25) is 0 Å². The van der Waals surface area contributed by atoms with E-state index in [4.69, 9.17) is 0 Å². The van der Waals surface area contributed by atoms with E-state index in [2.05, 4.69) is 78.7 Å². The summed E-state index contributed by atoms with van der Waals surface area (Å²) in [7, 11) is 0. The number of rotatable bonds is 7. The number of amides is 1. The zero-order valence-corrected chi connectivity index (χ0v) is 18.6. The molecule has 0 aromatic heterocycles. The van der Waals surface area contributed by atoms with Crippen molar-refractivity contribution in [2.24, 2.45) is 0 Å². The van der Waals surface area contributed by atoms with E-state index in [0.29, 0.717) is 6.54 Å². The molecule has 1 saturated heterocycles. The Morgan fingerprint density at radius 2 is 1.61 bits per heavy atom. The molecular weight excluding hydrogens is 380 g/mol. The summed E-state index contributed by atoms with van der Waals surface area (Å²) in [4.78, 5) is 15.1. The van der Waals surface area contributed by atoms with Crippen molar-refractivity contribution in [2.45, 2.75) is 45.7 Å². The van der Waals surface area contributed by atoms with Gasteiger partial charge in [0.2, 0.25) is 5.91 Å². The van der Waals surface area contributed by atoms with Gasteiger partial charge < -0.3 is 5.32 Å². The quantitative estimate of drug-likeness (QED) is 0.572. The molecule has 160 valence electrons. The number of likely N-dealkylation sites (tertiary alicyclic amines) is 1. The molecule has 1 N–H and O–H groups in total. The second-order valence-corrected chi connectivity index (χ2v) is 8.73. The summed E-state index contributed by atoms with van der Waals surface area (Å²) in [6, 6.07) is 25.8. The smallest absolute Gasteiger partial charge is 0.237 e. The van der Waals surface area contributed by atoms with Crippen LogP contribution in [0.15, 0.2) is 72.8 Å². The van der Waals surface area contributed by atoms with Crippen LogP contribution in [0.25, 0.3) is 11.1 Å². The standard InChI is InChI=1S/C28H32N2O/c1-21-17-22(2)19-26(18-21)25-12-10-24(11-13-25)20-30-16-6-9-27(30)28(31)29-15-14-23-7-4-3-5-8-23/h3-5,7-8,10-13,17-19,27H,6,9,14-16,20H2,1-2H3,(H,29,31). The number of hydrogen-bond acceptors (Lipinski definition) is 2. The first-order valence-electron chi connectivity index (χ1n) is 11.3. The van der Waals surface area contributed by atoms with Gasteiger partial charge in [-0.3, -0.25) is 9.69 Å². The van der Waals surface area contributed by atoms with Crippen LogP contribution in [0.5, 0.6) is 0 Å². The van der Waals surface area contributed by atoms with Gasteiger partial charge in [0, 0.05) is 13.1 Å². The molecule has 1 heterocycles. The molecule has 3 aromatic carbocycles. The molecular formula is C28H32N2O. The summed E-state index contributed by atoms with van der Waals surface area (Å²) in [5.41, 5.74) is 7.61. The number of nitrogens with one attached hydrogen (secondary N) is 1. The average Bonchev–Trinajstić information content (AvgIpc) is 3.22. The summed E-state index contributed by atoms with van der Waals surface area (Å²) < 4.78 is 0. The summed E-state index contributed by atoms with van der Waals surface area (Å²) >= 11 is 0. The van der Waals surface area contributed by atoms with E-state index >= 15 is 0 Å². The molecule has 1 aliphatic rings. The predicted octanol–water partition coefficient (Wildman–Crippen LogP) is 5.29. The minimum Gasteiger partial charge on any atom is -0.354 e. The second-order valence-electron chi connectivity index (χ2n) is 8.73. The Morgan fingerprint density at radius 3 is 2.32 bits per heavy atom. The van der Waals surface area contributed by atoms with Crippen molar-refractivity contribution in [3.63, 3.8) is 0 Å². The topological polar surface area (TPSA) is 32.3 Å². The Hall–Kier alpha value is -2.91. The lowest BCUT2D eigenvalue weighted by atomic mass is 9.99. The Balaban J connectivity index is 1.34. The van der Waals surface area contributed by atoms with Gasteiger partial charge in [-0.15, -0.1) is 0 Å². The lowest BCUT2D eigenvalue weighted by Gasteiger charge is -2.24. The van der Waals surface area contributed by atoms with Crippen molar-refractivity contribution in [2.75, 3.05) is 13.1 Å². The Morgan fingerprint density at radius 1 is 0.903 bits per heavy atom. The molecule has 3 heteroatoms. The molecule has 3 aromatic rings. The Kier molecular flexibility index (Phi) is 6.83. The van der Waals surface area contributed by atoms with Crippen molar-refractivity contribution in [3.05, 3.63) is 95.1 Å². The number of benzene rings is 3. The molecule has 1 amide bonds. The highest BCUT2D eigenvalue weighted by molar-refractivity contribution is 5.82. The van der Waals surface area contributed by atoms with Crippen LogP contribution in [0.1, 0.15) is 35.1 Å². The first kappa shape index (κ1) is 21.3. The normalized spacial score (nSPS) is 16.4. The maximum Gasteiger partial charge on any atom is 0.237 e. The minimum atomic E-state index is -0.0186. The number of carbonyl (C=O) groups is 1. The molecule has 1 fully saturated rings. The van der Waals surface area contributed by atoms with Crippen LogP contribution in [0, 0.1) is 13.8 Å². The fourth-order valence-corrected chi connectivity index (χ4v) is 4.58. The lowest BCUT2D eigenvalue weighted by Crippen LogP contribution is -2.43. The average molecular weight is 413 g/mol. The molecule has 3 nitrogen and oxygen atoms in total. The Bertz CT molecular complexity index is 991. The van der Waals surface area contributed by atoms with E-state index in [9.17, 15) is 4.79 Å². The van der Waals surface area contributed by atoms with Crippen LogP contribution in [0.3, 0.4) is 0 Å². The summed E-state index contributed by atoms with van der Waals surface area (Å²) in [6.07, 6.45) is 2.90. The van der Waals surface area contributed by atoms with Crippen LogP contribution < -0.4 is 5.32 Å².